The molecule has 1 rings (SSSR count). The summed E-state index contributed by atoms with van der Waals surface area (Å²) in [6.45, 7) is 5.37. The average molecular weight is 304 g/mol. The van der Waals surface area contributed by atoms with Crippen molar-refractivity contribution in [2.75, 3.05) is 12.3 Å². The van der Waals surface area contributed by atoms with Crippen LogP contribution in [0, 0.1) is 11.2 Å². The molecule has 7 heteroatoms. The van der Waals surface area contributed by atoms with Crippen LogP contribution in [-0.4, -0.2) is 26.2 Å². The molecule has 20 heavy (non-hydrogen) atoms. The molecule has 0 aliphatic rings. The van der Waals surface area contributed by atoms with Crippen LogP contribution in [0.3, 0.4) is 0 Å². The first-order valence-corrected chi connectivity index (χ1v) is 7.74. The van der Waals surface area contributed by atoms with Gasteiger partial charge in [0.1, 0.15) is 10.7 Å². The zero-order valence-electron chi connectivity index (χ0n) is 11.9. The maximum absolute atomic E-state index is 13.7. The Morgan fingerprint density at radius 1 is 1.40 bits per heavy atom. The van der Waals surface area contributed by atoms with Crippen LogP contribution in [0.25, 0.3) is 0 Å². The van der Waals surface area contributed by atoms with E-state index in [2.05, 4.69) is 4.72 Å². The Morgan fingerprint density at radius 3 is 2.45 bits per heavy atom. The van der Waals surface area contributed by atoms with Gasteiger partial charge in [-0.15, -0.1) is 0 Å². The number of aliphatic hydroxyl groups is 1. The van der Waals surface area contributed by atoms with E-state index in [1.54, 1.807) is 0 Å². The molecule has 0 heterocycles. The highest BCUT2D eigenvalue weighted by atomic mass is 32.2. The first kappa shape index (κ1) is 16.9. The largest absolute Gasteiger partial charge is 0.399 e. The van der Waals surface area contributed by atoms with Crippen LogP contribution in [0.1, 0.15) is 27.2 Å². The van der Waals surface area contributed by atoms with E-state index in [9.17, 15) is 12.8 Å². The maximum Gasteiger partial charge on any atom is 0.243 e. The summed E-state index contributed by atoms with van der Waals surface area (Å²) in [5.74, 6) is -0.894. The quantitative estimate of drug-likeness (QED) is 0.718. The molecule has 1 aromatic rings. The first-order valence-electron chi connectivity index (χ1n) is 6.26. The van der Waals surface area contributed by atoms with Gasteiger partial charge in [-0.25, -0.2) is 17.5 Å². The minimum atomic E-state index is -4.00. The molecule has 1 unspecified atom stereocenters. The number of nitrogens with one attached hydrogen (secondary N) is 1. The summed E-state index contributed by atoms with van der Waals surface area (Å²) < 4.78 is 40.6. The van der Waals surface area contributed by atoms with Gasteiger partial charge < -0.3 is 10.8 Å². The van der Waals surface area contributed by atoms with Crippen molar-refractivity contribution in [3.8, 4) is 0 Å². The molecule has 0 aromatic heterocycles. The highest BCUT2D eigenvalue weighted by Crippen LogP contribution is 2.25. The Labute approximate surface area is 119 Å². The number of anilines is 1. The molecule has 0 fully saturated rings. The second-order valence-corrected chi connectivity index (χ2v) is 7.42. The van der Waals surface area contributed by atoms with Gasteiger partial charge in [0.25, 0.3) is 0 Å². The molecule has 0 spiro atoms. The third-order valence-corrected chi connectivity index (χ3v) is 4.51. The lowest BCUT2D eigenvalue weighted by atomic mass is 9.86. The summed E-state index contributed by atoms with van der Waals surface area (Å²) in [5.41, 5.74) is 5.15. The van der Waals surface area contributed by atoms with Crippen LogP contribution in [0.5, 0.6) is 0 Å². The summed E-state index contributed by atoms with van der Waals surface area (Å²) >= 11 is 0. The van der Waals surface area contributed by atoms with Gasteiger partial charge in [0, 0.05) is 18.3 Å². The van der Waals surface area contributed by atoms with Crippen LogP contribution >= 0.6 is 0 Å². The highest BCUT2D eigenvalue weighted by molar-refractivity contribution is 7.89. The van der Waals surface area contributed by atoms with Crippen LogP contribution in [0.2, 0.25) is 0 Å². The lowest BCUT2D eigenvalue weighted by molar-refractivity contribution is 0.214. The van der Waals surface area contributed by atoms with Gasteiger partial charge in [0.15, 0.2) is 0 Å². The molecule has 1 atom stereocenters. The predicted molar refractivity (Wildman–Crippen MR) is 76.1 cm³/mol. The standard InChI is InChI=1S/C13H21FN2O3S/c1-13(2,3)12(6-7-17)16-20(18,19)11-5-4-9(15)8-10(11)14/h4-5,8,12,16-17H,6-7,15H2,1-3H3. The molecule has 1 aromatic carbocycles. The van der Waals surface area contributed by atoms with Crippen molar-refractivity contribution in [3.63, 3.8) is 0 Å². The molecule has 5 nitrogen and oxygen atoms in total. The van der Waals surface area contributed by atoms with Crippen molar-refractivity contribution in [2.24, 2.45) is 5.41 Å². The second kappa shape index (κ2) is 6.07. The van der Waals surface area contributed by atoms with Gasteiger partial charge in [-0.3, -0.25) is 0 Å². The van der Waals surface area contributed by atoms with E-state index >= 15 is 0 Å². The van der Waals surface area contributed by atoms with Crippen molar-refractivity contribution in [2.45, 2.75) is 38.1 Å². The van der Waals surface area contributed by atoms with Crippen molar-refractivity contribution in [1.82, 2.24) is 4.72 Å². The fourth-order valence-electron chi connectivity index (χ4n) is 1.78. The van der Waals surface area contributed by atoms with E-state index in [1.807, 2.05) is 20.8 Å². The minimum absolute atomic E-state index is 0.157. The Morgan fingerprint density at radius 2 is 2.00 bits per heavy atom. The second-order valence-electron chi connectivity index (χ2n) is 5.74. The van der Waals surface area contributed by atoms with Crippen molar-refractivity contribution in [3.05, 3.63) is 24.0 Å². The number of hydrogen-bond donors (Lipinski definition) is 3. The van der Waals surface area contributed by atoms with Gasteiger partial charge in [0.2, 0.25) is 10.0 Å². The third kappa shape index (κ3) is 4.16. The fraction of sp³-hybridized carbons (Fsp3) is 0.538. The molecule has 114 valence electrons. The molecule has 0 radical (unpaired) electrons. The van der Waals surface area contributed by atoms with Gasteiger partial charge >= 0.3 is 0 Å². The molecule has 0 aliphatic heterocycles. The SMILES string of the molecule is CC(C)(C)C(CCO)NS(=O)(=O)c1ccc(N)cc1F. The van der Waals surface area contributed by atoms with Crippen LogP contribution in [0.4, 0.5) is 10.1 Å². The van der Waals surface area contributed by atoms with E-state index in [0.717, 1.165) is 12.1 Å². The van der Waals surface area contributed by atoms with Crippen LogP contribution in [0.15, 0.2) is 23.1 Å². The number of benzene rings is 1. The van der Waals surface area contributed by atoms with Crippen molar-refractivity contribution in [1.29, 1.82) is 0 Å². The van der Waals surface area contributed by atoms with Crippen LogP contribution in [-0.2, 0) is 10.0 Å². The van der Waals surface area contributed by atoms with E-state index in [0.29, 0.717) is 0 Å². The smallest absolute Gasteiger partial charge is 0.243 e. The molecular weight excluding hydrogens is 283 g/mol. The number of rotatable bonds is 5. The first-order chi connectivity index (χ1) is 9.08. The van der Waals surface area contributed by atoms with E-state index in [-0.39, 0.29) is 18.7 Å². The monoisotopic (exact) mass is 304 g/mol. The van der Waals surface area contributed by atoms with Gasteiger partial charge in [-0.2, -0.15) is 0 Å². The summed E-state index contributed by atoms with van der Waals surface area (Å²) in [6, 6.07) is 2.92. The van der Waals surface area contributed by atoms with Crippen molar-refractivity contribution < 1.29 is 17.9 Å². The number of nitrogens with two attached hydrogens (primary N) is 1. The van der Waals surface area contributed by atoms with Crippen LogP contribution < -0.4 is 10.5 Å². The number of aliphatic hydroxyl groups excluding tert-OH is 1. The van der Waals surface area contributed by atoms with Crippen molar-refractivity contribution >= 4 is 15.7 Å². The Hall–Kier alpha value is -1.18. The molecule has 0 saturated heterocycles. The fourth-order valence-corrected chi connectivity index (χ4v) is 3.32. The normalized spacial score (nSPS) is 14.2. The Bertz CT molecular complexity index is 567. The number of nitrogen functional groups attached to an aromatic ring is 1. The molecule has 4 N–H and O–H groups in total. The minimum Gasteiger partial charge on any atom is -0.399 e. The van der Waals surface area contributed by atoms with E-state index < -0.39 is 32.2 Å². The maximum atomic E-state index is 13.7. The molecule has 0 saturated carbocycles. The molecule has 0 aliphatic carbocycles. The number of hydrogen-bond acceptors (Lipinski definition) is 4. The van der Waals surface area contributed by atoms with Gasteiger partial charge in [0.05, 0.1) is 0 Å². The summed E-state index contributed by atoms with van der Waals surface area (Å²) in [6.07, 6.45) is 0.249. The Kier molecular flexibility index (Phi) is 5.12. The molecule has 0 amide bonds. The summed E-state index contributed by atoms with van der Waals surface area (Å²) in [5, 5.41) is 9.03. The molecular formula is C13H21FN2O3S. The summed E-state index contributed by atoms with van der Waals surface area (Å²) in [4.78, 5) is -0.445. The summed E-state index contributed by atoms with van der Waals surface area (Å²) in [7, 11) is -4.00. The van der Waals surface area contributed by atoms with E-state index in [1.165, 1.54) is 6.07 Å². The van der Waals surface area contributed by atoms with Gasteiger partial charge in [-0.1, -0.05) is 20.8 Å². The highest BCUT2D eigenvalue weighted by Gasteiger charge is 2.30. The number of sulfonamides is 1. The zero-order valence-corrected chi connectivity index (χ0v) is 12.7. The lowest BCUT2D eigenvalue weighted by Crippen LogP contribution is -2.44. The van der Waals surface area contributed by atoms with E-state index in [4.69, 9.17) is 10.8 Å². The predicted octanol–water partition coefficient (Wildman–Crippen LogP) is 1.48. The lowest BCUT2D eigenvalue weighted by Gasteiger charge is -2.30. The zero-order chi connectivity index (χ0) is 15.6. The molecule has 0 bridgehead atoms. The topological polar surface area (TPSA) is 92.4 Å². The average Bonchev–Trinajstić information content (AvgIpc) is 2.26. The van der Waals surface area contributed by atoms with Gasteiger partial charge in [-0.05, 0) is 30.0 Å². The third-order valence-electron chi connectivity index (χ3n) is 3.01. The number of halogens is 1. The Balaban J connectivity index is 3.10.